The summed E-state index contributed by atoms with van der Waals surface area (Å²) >= 11 is 0. The molecule has 0 unspecified atom stereocenters. The standard InChI is InChI=1S/C23H30N2O4S/c1-17(2)16-21(20-8-4-5-9-22(20)25-14-6-3-7-15-25)24-30(28,29)19-12-10-18(11-13-19)23(26)27/h4-5,8-13,17,21,24H,3,6-7,14-16H2,1-2H3,(H,26,27)/t21-/m1/s1. The van der Waals surface area contributed by atoms with Gasteiger partial charge in [-0.1, -0.05) is 32.0 Å². The van der Waals surface area contributed by atoms with Crippen LogP contribution < -0.4 is 9.62 Å². The minimum atomic E-state index is -3.80. The number of carbonyl (C=O) groups is 1. The molecule has 0 radical (unpaired) electrons. The zero-order valence-electron chi connectivity index (χ0n) is 17.5. The van der Waals surface area contributed by atoms with Crippen molar-refractivity contribution in [1.82, 2.24) is 4.72 Å². The minimum absolute atomic E-state index is 0.0584. The van der Waals surface area contributed by atoms with E-state index in [1.54, 1.807) is 0 Å². The van der Waals surface area contributed by atoms with Gasteiger partial charge in [-0.2, -0.15) is 0 Å². The number of anilines is 1. The molecule has 3 rings (SSSR count). The summed E-state index contributed by atoms with van der Waals surface area (Å²) in [5, 5.41) is 9.06. The monoisotopic (exact) mass is 430 g/mol. The molecule has 2 aromatic carbocycles. The molecule has 0 spiro atoms. The second-order valence-corrected chi connectivity index (χ2v) is 9.95. The highest BCUT2D eigenvalue weighted by atomic mass is 32.2. The average Bonchev–Trinajstić information content (AvgIpc) is 2.73. The number of para-hydroxylation sites is 1. The van der Waals surface area contributed by atoms with Crippen LogP contribution in [-0.4, -0.2) is 32.6 Å². The summed E-state index contributed by atoms with van der Waals surface area (Å²) in [5.74, 6) is -0.790. The number of piperidine rings is 1. The van der Waals surface area contributed by atoms with Crippen LogP contribution in [0, 0.1) is 5.92 Å². The summed E-state index contributed by atoms with van der Waals surface area (Å²) in [6.45, 7) is 6.11. The first-order chi connectivity index (χ1) is 14.3. The van der Waals surface area contributed by atoms with Gasteiger partial charge in [-0.25, -0.2) is 17.9 Å². The Morgan fingerprint density at radius 2 is 1.67 bits per heavy atom. The van der Waals surface area contributed by atoms with E-state index < -0.39 is 16.0 Å². The Kier molecular flexibility index (Phi) is 7.15. The van der Waals surface area contributed by atoms with E-state index in [-0.39, 0.29) is 16.5 Å². The van der Waals surface area contributed by atoms with Crippen LogP contribution >= 0.6 is 0 Å². The van der Waals surface area contributed by atoms with Gasteiger partial charge >= 0.3 is 5.97 Å². The lowest BCUT2D eigenvalue weighted by Crippen LogP contribution is -2.34. The molecular formula is C23H30N2O4S. The average molecular weight is 431 g/mol. The summed E-state index contributed by atoms with van der Waals surface area (Å²) in [5.41, 5.74) is 2.13. The molecule has 1 saturated heterocycles. The van der Waals surface area contributed by atoms with Crippen LogP contribution in [0.5, 0.6) is 0 Å². The van der Waals surface area contributed by atoms with Gasteiger partial charge in [0, 0.05) is 24.8 Å². The first-order valence-electron chi connectivity index (χ1n) is 10.5. The van der Waals surface area contributed by atoms with Gasteiger partial charge in [0.15, 0.2) is 0 Å². The van der Waals surface area contributed by atoms with Crippen LogP contribution in [0.2, 0.25) is 0 Å². The van der Waals surface area contributed by atoms with E-state index >= 15 is 0 Å². The van der Waals surface area contributed by atoms with Crippen LogP contribution in [0.25, 0.3) is 0 Å². The van der Waals surface area contributed by atoms with Crippen LogP contribution in [0.1, 0.15) is 61.5 Å². The maximum atomic E-state index is 13.1. The summed E-state index contributed by atoms with van der Waals surface area (Å²) in [7, 11) is -3.80. The Morgan fingerprint density at radius 3 is 2.27 bits per heavy atom. The van der Waals surface area contributed by atoms with Gasteiger partial charge in [-0.3, -0.25) is 0 Å². The van der Waals surface area contributed by atoms with E-state index in [0.717, 1.165) is 37.2 Å². The Bertz CT molecular complexity index is 965. The Balaban J connectivity index is 1.92. The highest BCUT2D eigenvalue weighted by Crippen LogP contribution is 2.33. The minimum Gasteiger partial charge on any atom is -0.478 e. The number of hydrogen-bond donors (Lipinski definition) is 2. The highest BCUT2D eigenvalue weighted by Gasteiger charge is 2.26. The lowest BCUT2D eigenvalue weighted by atomic mass is 9.95. The fourth-order valence-corrected chi connectivity index (χ4v) is 5.18. The Hall–Kier alpha value is -2.38. The van der Waals surface area contributed by atoms with Crippen molar-refractivity contribution < 1.29 is 18.3 Å². The smallest absolute Gasteiger partial charge is 0.335 e. The molecule has 162 valence electrons. The molecule has 0 bridgehead atoms. The third-order valence-electron chi connectivity index (χ3n) is 5.43. The normalized spacial score (nSPS) is 15.9. The molecule has 30 heavy (non-hydrogen) atoms. The predicted octanol–water partition coefficient (Wildman–Crippen LogP) is 4.44. The molecule has 0 saturated carbocycles. The Morgan fingerprint density at radius 1 is 1.03 bits per heavy atom. The largest absolute Gasteiger partial charge is 0.478 e. The van der Waals surface area contributed by atoms with E-state index in [2.05, 4.69) is 29.5 Å². The van der Waals surface area contributed by atoms with Gasteiger partial charge < -0.3 is 10.0 Å². The maximum absolute atomic E-state index is 13.1. The van der Waals surface area contributed by atoms with Crippen molar-refractivity contribution in [1.29, 1.82) is 0 Å². The fraction of sp³-hybridized carbons (Fsp3) is 0.435. The molecular weight excluding hydrogens is 400 g/mol. The van der Waals surface area contributed by atoms with Crippen molar-refractivity contribution in [3.05, 3.63) is 59.7 Å². The van der Waals surface area contributed by atoms with Crippen molar-refractivity contribution in [2.75, 3.05) is 18.0 Å². The summed E-state index contributed by atoms with van der Waals surface area (Å²) in [4.78, 5) is 13.5. The number of nitrogens with zero attached hydrogens (tertiary/aromatic N) is 1. The number of aromatic carboxylic acids is 1. The maximum Gasteiger partial charge on any atom is 0.335 e. The number of rotatable bonds is 8. The number of nitrogens with one attached hydrogen (secondary N) is 1. The van der Waals surface area contributed by atoms with Crippen molar-refractivity contribution >= 4 is 21.7 Å². The molecule has 1 heterocycles. The van der Waals surface area contributed by atoms with Crippen molar-refractivity contribution in [3.8, 4) is 0 Å². The molecule has 7 heteroatoms. The van der Waals surface area contributed by atoms with E-state index in [0.29, 0.717) is 12.3 Å². The first-order valence-corrected chi connectivity index (χ1v) is 12.0. The molecule has 2 aromatic rings. The molecule has 2 N–H and O–H groups in total. The summed E-state index contributed by atoms with van der Waals surface area (Å²) in [6, 6.07) is 13.0. The van der Waals surface area contributed by atoms with Gasteiger partial charge in [-0.15, -0.1) is 0 Å². The van der Waals surface area contributed by atoms with Crippen LogP contribution in [-0.2, 0) is 10.0 Å². The second kappa shape index (κ2) is 9.62. The van der Waals surface area contributed by atoms with Crippen LogP contribution in [0.15, 0.2) is 53.4 Å². The van der Waals surface area contributed by atoms with Crippen molar-refractivity contribution in [2.24, 2.45) is 5.92 Å². The van der Waals surface area contributed by atoms with Crippen LogP contribution in [0.4, 0.5) is 5.69 Å². The molecule has 6 nitrogen and oxygen atoms in total. The Labute approximate surface area is 179 Å². The van der Waals surface area contributed by atoms with Crippen LogP contribution in [0.3, 0.4) is 0 Å². The van der Waals surface area contributed by atoms with Crippen molar-refractivity contribution in [3.63, 3.8) is 0 Å². The predicted molar refractivity (Wildman–Crippen MR) is 118 cm³/mol. The summed E-state index contributed by atoms with van der Waals surface area (Å²) in [6.07, 6.45) is 4.18. The number of hydrogen-bond acceptors (Lipinski definition) is 4. The first kappa shape index (κ1) is 22.3. The van der Waals surface area contributed by atoms with E-state index in [1.165, 1.54) is 30.7 Å². The second-order valence-electron chi connectivity index (χ2n) is 8.24. The molecule has 1 fully saturated rings. The molecule has 1 atom stereocenters. The van der Waals surface area contributed by atoms with Gasteiger partial charge in [0.2, 0.25) is 10.0 Å². The van der Waals surface area contributed by atoms with E-state index in [9.17, 15) is 13.2 Å². The van der Waals surface area contributed by atoms with Gasteiger partial charge in [0.25, 0.3) is 0 Å². The van der Waals surface area contributed by atoms with Gasteiger partial charge in [0.05, 0.1) is 10.5 Å². The quantitative estimate of drug-likeness (QED) is 0.646. The van der Waals surface area contributed by atoms with Gasteiger partial charge in [-0.05, 0) is 67.5 Å². The lowest BCUT2D eigenvalue weighted by molar-refractivity contribution is 0.0696. The van der Waals surface area contributed by atoms with E-state index in [4.69, 9.17) is 5.11 Å². The highest BCUT2D eigenvalue weighted by molar-refractivity contribution is 7.89. The number of benzene rings is 2. The third-order valence-corrected chi connectivity index (χ3v) is 6.91. The molecule has 0 aromatic heterocycles. The fourth-order valence-electron chi connectivity index (χ4n) is 3.95. The molecule has 1 aliphatic heterocycles. The SMILES string of the molecule is CC(C)C[C@@H](NS(=O)(=O)c1ccc(C(=O)O)cc1)c1ccccc1N1CCCCC1. The van der Waals surface area contributed by atoms with E-state index in [1.807, 2.05) is 18.2 Å². The van der Waals surface area contributed by atoms with Gasteiger partial charge in [0.1, 0.15) is 0 Å². The number of sulfonamides is 1. The number of carboxylic acid groups (broad SMARTS) is 1. The van der Waals surface area contributed by atoms with Crippen molar-refractivity contribution in [2.45, 2.75) is 50.5 Å². The summed E-state index contributed by atoms with van der Waals surface area (Å²) < 4.78 is 29.1. The molecule has 0 aliphatic carbocycles. The zero-order chi connectivity index (χ0) is 21.7. The molecule has 0 amide bonds. The molecule has 1 aliphatic rings. The topological polar surface area (TPSA) is 86.7 Å². The number of carboxylic acids is 1. The third kappa shape index (κ3) is 5.40. The lowest BCUT2D eigenvalue weighted by Gasteiger charge is -2.33. The zero-order valence-corrected chi connectivity index (χ0v) is 18.4.